The van der Waals surface area contributed by atoms with E-state index in [1.54, 1.807) is 24.3 Å². The Morgan fingerprint density at radius 3 is 2.43 bits per heavy atom. The first kappa shape index (κ1) is 17.4. The van der Waals surface area contributed by atoms with Crippen LogP contribution in [0, 0.1) is 0 Å². The molecule has 0 atom stereocenters. The zero-order valence-corrected chi connectivity index (χ0v) is 13.6. The fraction of sp³-hybridized carbons (Fsp3) is 0.0714. The van der Waals surface area contributed by atoms with Crippen LogP contribution in [-0.4, -0.2) is 12.4 Å². The summed E-state index contributed by atoms with van der Waals surface area (Å²) >= 11 is 8.97. The second-order valence-electron chi connectivity index (χ2n) is 4.31. The molecule has 9 heteroatoms. The van der Waals surface area contributed by atoms with Crippen LogP contribution in [0.5, 0.6) is 5.75 Å². The molecule has 0 radical (unpaired) electrons. The van der Waals surface area contributed by atoms with Gasteiger partial charge in [-0.25, -0.2) is 4.79 Å². The molecule has 2 aromatic rings. The summed E-state index contributed by atoms with van der Waals surface area (Å²) in [6.07, 6.45) is -4.85. The number of urea groups is 1. The van der Waals surface area contributed by atoms with E-state index in [1.807, 2.05) is 0 Å². The fourth-order valence-corrected chi connectivity index (χ4v) is 2.31. The van der Waals surface area contributed by atoms with Crippen LogP contribution in [0.4, 0.5) is 29.3 Å². The van der Waals surface area contributed by atoms with Crippen molar-refractivity contribution in [3.8, 4) is 5.75 Å². The van der Waals surface area contributed by atoms with Crippen molar-refractivity contribution in [3.63, 3.8) is 0 Å². The molecule has 0 spiro atoms. The number of amides is 2. The van der Waals surface area contributed by atoms with E-state index in [1.165, 1.54) is 6.07 Å². The molecule has 2 aromatic carbocycles. The van der Waals surface area contributed by atoms with Gasteiger partial charge in [0.2, 0.25) is 0 Å². The Hall–Kier alpha value is -1.93. The number of carbonyl (C=O) groups is 1. The number of rotatable bonds is 3. The molecule has 0 saturated heterocycles. The first-order valence-corrected chi connectivity index (χ1v) is 7.28. The smallest absolute Gasteiger partial charge is 0.406 e. The first-order valence-electron chi connectivity index (χ1n) is 6.11. The Morgan fingerprint density at radius 2 is 1.78 bits per heavy atom. The van der Waals surface area contributed by atoms with Crippen molar-refractivity contribution in [2.45, 2.75) is 6.36 Å². The van der Waals surface area contributed by atoms with Gasteiger partial charge in [0.05, 0.1) is 0 Å². The van der Waals surface area contributed by atoms with E-state index < -0.39 is 18.1 Å². The van der Waals surface area contributed by atoms with Crippen LogP contribution in [-0.2, 0) is 0 Å². The van der Waals surface area contributed by atoms with E-state index >= 15 is 0 Å². The van der Waals surface area contributed by atoms with Crippen molar-refractivity contribution < 1.29 is 22.7 Å². The van der Waals surface area contributed by atoms with Crippen LogP contribution >= 0.6 is 27.5 Å². The van der Waals surface area contributed by atoms with Gasteiger partial charge >= 0.3 is 12.4 Å². The number of carbonyl (C=O) groups excluding carboxylic acids is 1. The Balaban J connectivity index is 2.08. The molecule has 122 valence electrons. The molecule has 0 heterocycles. The number of hydrogen-bond donors (Lipinski definition) is 2. The third-order valence-electron chi connectivity index (χ3n) is 2.45. The quantitative estimate of drug-likeness (QED) is 0.689. The van der Waals surface area contributed by atoms with Gasteiger partial charge in [-0.1, -0.05) is 33.6 Å². The summed E-state index contributed by atoms with van der Waals surface area (Å²) in [5.74, 6) is -0.525. The summed E-state index contributed by atoms with van der Waals surface area (Å²) in [5.41, 5.74) is 0.565. The molecule has 2 rings (SSSR count). The maximum atomic E-state index is 12.2. The van der Waals surface area contributed by atoms with Crippen LogP contribution in [0.1, 0.15) is 0 Å². The normalized spacial score (nSPS) is 11.0. The van der Waals surface area contributed by atoms with Crippen molar-refractivity contribution in [1.82, 2.24) is 0 Å². The van der Waals surface area contributed by atoms with Crippen LogP contribution in [0.2, 0.25) is 5.02 Å². The lowest BCUT2D eigenvalue weighted by atomic mass is 10.3. The van der Waals surface area contributed by atoms with Crippen LogP contribution in [0.25, 0.3) is 0 Å². The number of hydrogen-bond acceptors (Lipinski definition) is 2. The summed E-state index contributed by atoms with van der Waals surface area (Å²) in [7, 11) is 0. The topological polar surface area (TPSA) is 50.4 Å². The van der Waals surface area contributed by atoms with E-state index in [2.05, 4.69) is 31.3 Å². The Bertz CT molecular complexity index is 725. The number of ether oxygens (including phenoxy) is 1. The molecule has 2 N–H and O–H groups in total. The largest absolute Gasteiger partial charge is 0.573 e. The molecule has 0 aliphatic heterocycles. The lowest BCUT2D eigenvalue weighted by molar-refractivity contribution is -0.274. The van der Waals surface area contributed by atoms with Gasteiger partial charge in [-0.3, -0.25) is 0 Å². The van der Waals surface area contributed by atoms with Crippen LogP contribution < -0.4 is 15.4 Å². The summed E-state index contributed by atoms with van der Waals surface area (Å²) in [5, 5.41) is 4.90. The lowest BCUT2D eigenvalue weighted by Gasteiger charge is -2.12. The molecule has 2 amide bonds. The second-order valence-corrected chi connectivity index (χ2v) is 5.66. The molecule has 23 heavy (non-hydrogen) atoms. The summed E-state index contributed by atoms with van der Waals surface area (Å²) < 4.78 is 41.2. The third-order valence-corrected chi connectivity index (χ3v) is 3.16. The minimum atomic E-state index is -4.85. The van der Waals surface area contributed by atoms with Crippen molar-refractivity contribution in [2.24, 2.45) is 0 Å². The highest BCUT2D eigenvalue weighted by Gasteiger charge is 2.31. The standard InChI is InChI=1S/C14H9BrClF3N2O2/c15-8-2-1-3-10(4-8)20-13(22)21-11-5-9(16)6-12(7-11)23-14(17,18)19/h1-7H,(H2,20,21,22). The molecule has 0 fully saturated rings. The minimum absolute atomic E-state index is 0.00972. The molecule has 0 saturated carbocycles. The van der Waals surface area contributed by atoms with E-state index in [9.17, 15) is 18.0 Å². The maximum absolute atomic E-state index is 12.2. The first-order chi connectivity index (χ1) is 10.7. The average molecular weight is 410 g/mol. The third kappa shape index (κ3) is 5.99. The van der Waals surface area contributed by atoms with Crippen LogP contribution in [0.3, 0.4) is 0 Å². The SMILES string of the molecule is O=C(Nc1cccc(Br)c1)Nc1cc(Cl)cc(OC(F)(F)F)c1. The molecular formula is C14H9BrClF3N2O2. The number of halogens is 5. The number of anilines is 2. The van der Waals surface area contributed by atoms with Gasteiger partial charge in [0.25, 0.3) is 0 Å². The molecule has 0 aliphatic rings. The summed E-state index contributed by atoms with van der Waals surface area (Å²) in [6, 6.07) is 9.48. The molecule has 0 aromatic heterocycles. The Labute approximate surface area is 142 Å². The molecule has 0 unspecified atom stereocenters. The van der Waals surface area contributed by atoms with Gasteiger partial charge in [-0.15, -0.1) is 13.2 Å². The summed E-state index contributed by atoms with van der Waals surface area (Å²) in [4.78, 5) is 11.9. The van der Waals surface area contributed by atoms with E-state index in [-0.39, 0.29) is 10.7 Å². The predicted molar refractivity (Wildman–Crippen MR) is 84.9 cm³/mol. The number of alkyl halides is 3. The molecular weight excluding hydrogens is 401 g/mol. The average Bonchev–Trinajstić information content (AvgIpc) is 2.35. The van der Waals surface area contributed by atoms with E-state index in [0.717, 1.165) is 16.6 Å². The number of nitrogens with one attached hydrogen (secondary N) is 2. The molecule has 0 bridgehead atoms. The van der Waals surface area contributed by atoms with Gasteiger partial charge in [-0.2, -0.15) is 0 Å². The summed E-state index contributed by atoms with van der Waals surface area (Å²) in [6.45, 7) is 0. The van der Waals surface area contributed by atoms with E-state index in [4.69, 9.17) is 11.6 Å². The molecule has 0 aliphatic carbocycles. The Morgan fingerprint density at radius 1 is 1.09 bits per heavy atom. The van der Waals surface area contributed by atoms with Gasteiger partial charge in [0.1, 0.15) is 5.75 Å². The van der Waals surface area contributed by atoms with E-state index in [0.29, 0.717) is 5.69 Å². The van der Waals surface area contributed by atoms with Gasteiger partial charge in [0, 0.05) is 26.9 Å². The van der Waals surface area contributed by atoms with Crippen molar-refractivity contribution in [2.75, 3.05) is 10.6 Å². The second kappa shape index (κ2) is 7.10. The minimum Gasteiger partial charge on any atom is -0.406 e. The van der Waals surface area contributed by atoms with Crippen molar-refractivity contribution in [3.05, 3.63) is 52.0 Å². The lowest BCUT2D eigenvalue weighted by Crippen LogP contribution is -2.20. The van der Waals surface area contributed by atoms with Gasteiger partial charge in [-0.05, 0) is 30.3 Å². The van der Waals surface area contributed by atoms with Gasteiger partial charge < -0.3 is 15.4 Å². The zero-order chi connectivity index (χ0) is 17.0. The van der Waals surface area contributed by atoms with Crippen molar-refractivity contribution in [1.29, 1.82) is 0 Å². The zero-order valence-electron chi connectivity index (χ0n) is 11.2. The van der Waals surface area contributed by atoms with Gasteiger partial charge in [0.15, 0.2) is 0 Å². The predicted octanol–water partition coefficient (Wildman–Crippen LogP) is 5.65. The number of benzene rings is 2. The highest BCUT2D eigenvalue weighted by atomic mass is 79.9. The van der Waals surface area contributed by atoms with Crippen molar-refractivity contribution >= 4 is 44.9 Å². The molecule has 4 nitrogen and oxygen atoms in total. The van der Waals surface area contributed by atoms with Crippen LogP contribution in [0.15, 0.2) is 46.9 Å². The monoisotopic (exact) mass is 408 g/mol. The fourth-order valence-electron chi connectivity index (χ4n) is 1.69. The Kier molecular flexibility index (Phi) is 5.38. The maximum Gasteiger partial charge on any atom is 0.573 e. The highest BCUT2D eigenvalue weighted by Crippen LogP contribution is 2.29. The highest BCUT2D eigenvalue weighted by molar-refractivity contribution is 9.10.